The zero-order valence-corrected chi connectivity index (χ0v) is 8.21. The van der Waals surface area contributed by atoms with E-state index in [4.69, 9.17) is 11.6 Å². The molecule has 0 bridgehead atoms. The number of methoxy groups -OCH3 is 1. The quantitative estimate of drug-likeness (QED) is 0.616. The topological polar surface area (TPSA) is 38.7 Å². The molecule has 0 aromatic heterocycles. The lowest BCUT2D eigenvalue weighted by Crippen LogP contribution is -2.01. The molecular weight excluding hydrogens is 202 g/mol. The molecule has 0 saturated heterocycles. The Morgan fingerprint density at radius 1 is 1.43 bits per heavy atom. The summed E-state index contributed by atoms with van der Waals surface area (Å²) >= 11 is 5.80. The summed E-state index contributed by atoms with van der Waals surface area (Å²) in [6, 6.07) is 0. The van der Waals surface area contributed by atoms with Crippen molar-refractivity contribution in [2.45, 2.75) is 0 Å². The number of hydrogen-bond donors (Lipinski definition) is 0. The van der Waals surface area contributed by atoms with Crippen LogP contribution in [-0.4, -0.2) is 18.8 Å². The predicted octanol–water partition coefficient (Wildman–Crippen LogP) is 1.76. The highest BCUT2D eigenvalue weighted by Gasteiger charge is 2.21. The molecule has 0 atom stereocenters. The van der Waals surface area contributed by atoms with Crippen molar-refractivity contribution in [2.75, 3.05) is 7.11 Å². The average molecular weight is 209 g/mol. The number of carbonyl (C=O) groups excluding carboxylic acids is 1. The van der Waals surface area contributed by atoms with E-state index in [-0.39, 0.29) is 0 Å². The number of rotatable bonds is 1. The molecule has 4 heteroatoms. The van der Waals surface area contributed by atoms with Crippen LogP contribution in [-0.2, 0) is 9.53 Å². The van der Waals surface area contributed by atoms with E-state index < -0.39 is 5.97 Å². The minimum absolute atomic E-state index is 0.310. The fourth-order valence-electron chi connectivity index (χ4n) is 1.26. The van der Waals surface area contributed by atoms with Gasteiger partial charge in [0.2, 0.25) is 0 Å². The molecule has 0 N–H and O–H groups in total. The van der Waals surface area contributed by atoms with Gasteiger partial charge >= 0.3 is 5.97 Å². The number of ether oxygens (including phenoxy) is 1. The number of hydrogen-bond acceptors (Lipinski definition) is 3. The second-order valence-electron chi connectivity index (χ2n) is 2.84. The maximum atomic E-state index is 11.2. The van der Waals surface area contributed by atoms with E-state index >= 15 is 0 Å². The highest BCUT2D eigenvalue weighted by molar-refractivity contribution is 6.32. The average Bonchev–Trinajstić information content (AvgIpc) is 2.59. The van der Waals surface area contributed by atoms with Gasteiger partial charge in [0.1, 0.15) is 11.1 Å². The molecule has 0 aromatic carbocycles. The molecule has 2 rings (SSSR count). The Bertz CT molecular complexity index is 404. The van der Waals surface area contributed by atoms with Gasteiger partial charge in [-0.1, -0.05) is 6.08 Å². The summed E-state index contributed by atoms with van der Waals surface area (Å²) in [4.78, 5) is 15.2. The molecule has 0 spiro atoms. The monoisotopic (exact) mass is 208 g/mol. The van der Waals surface area contributed by atoms with Gasteiger partial charge in [0, 0.05) is 5.57 Å². The summed E-state index contributed by atoms with van der Waals surface area (Å²) in [7, 11) is 1.33. The summed E-state index contributed by atoms with van der Waals surface area (Å²) in [6.07, 6.45) is 6.92. The Balaban J connectivity index is 2.32. The van der Waals surface area contributed by atoms with Gasteiger partial charge in [-0.25, -0.2) is 9.79 Å². The third-order valence-electron chi connectivity index (χ3n) is 1.92. The first-order chi connectivity index (χ1) is 6.70. The summed E-state index contributed by atoms with van der Waals surface area (Å²) in [5.41, 5.74) is 1.90. The Hall–Kier alpha value is -1.35. The number of esters is 1. The lowest BCUT2D eigenvalue weighted by Gasteiger charge is -2.04. The zero-order chi connectivity index (χ0) is 10.1. The van der Waals surface area contributed by atoms with Crippen molar-refractivity contribution in [3.8, 4) is 0 Å². The standard InChI is InChI=1S/C10H7ClNO2/c1-14-10(13)9-5-6-4-7(11)2-3-8(6)12-9/h2-5H,1H3. The minimum atomic E-state index is -0.433. The van der Waals surface area contributed by atoms with E-state index in [2.05, 4.69) is 9.73 Å². The summed E-state index contributed by atoms with van der Waals surface area (Å²) in [5, 5.41) is 0.626. The van der Waals surface area contributed by atoms with Gasteiger partial charge < -0.3 is 4.74 Å². The van der Waals surface area contributed by atoms with Crippen molar-refractivity contribution in [3.05, 3.63) is 41.0 Å². The molecule has 14 heavy (non-hydrogen) atoms. The first-order valence-corrected chi connectivity index (χ1v) is 4.40. The van der Waals surface area contributed by atoms with Crippen LogP contribution in [0.15, 0.2) is 40.6 Å². The van der Waals surface area contributed by atoms with E-state index in [9.17, 15) is 4.79 Å². The van der Waals surface area contributed by atoms with Crippen LogP contribution in [0.3, 0.4) is 0 Å². The van der Waals surface area contributed by atoms with E-state index in [0.717, 1.165) is 11.3 Å². The molecule has 0 amide bonds. The van der Waals surface area contributed by atoms with Crippen LogP contribution < -0.4 is 0 Å². The van der Waals surface area contributed by atoms with Crippen LogP contribution in [0.5, 0.6) is 0 Å². The summed E-state index contributed by atoms with van der Waals surface area (Å²) in [5.74, 6) is -0.433. The highest BCUT2D eigenvalue weighted by Crippen LogP contribution is 2.26. The number of allylic oxidation sites excluding steroid dienone is 5. The van der Waals surface area contributed by atoms with Crippen LogP contribution in [0, 0.1) is 5.38 Å². The molecule has 1 heterocycles. The molecule has 0 fully saturated rings. The molecule has 0 unspecified atom stereocenters. The van der Waals surface area contributed by atoms with Crippen molar-refractivity contribution in [2.24, 2.45) is 4.99 Å². The fraction of sp³-hybridized carbons (Fsp3) is 0.100. The second kappa shape index (κ2) is 3.42. The number of fused-ring (bicyclic) bond motifs is 1. The van der Waals surface area contributed by atoms with Crippen LogP contribution >= 0.6 is 11.6 Å². The van der Waals surface area contributed by atoms with E-state index in [0.29, 0.717) is 11.1 Å². The van der Waals surface area contributed by atoms with E-state index in [1.165, 1.54) is 7.11 Å². The molecule has 3 nitrogen and oxygen atoms in total. The van der Waals surface area contributed by atoms with Crippen LogP contribution in [0.4, 0.5) is 0 Å². The second-order valence-corrected chi connectivity index (χ2v) is 3.27. The Morgan fingerprint density at radius 3 is 2.93 bits per heavy atom. The van der Waals surface area contributed by atoms with Gasteiger partial charge in [-0.2, -0.15) is 0 Å². The molecule has 1 aliphatic carbocycles. The largest absolute Gasteiger partial charge is 0.464 e. The Morgan fingerprint density at radius 2 is 2.21 bits per heavy atom. The number of aliphatic imine (C=N–C) groups is 1. The lowest BCUT2D eigenvalue weighted by molar-refractivity contribution is -0.136. The first-order valence-electron chi connectivity index (χ1n) is 4.02. The van der Waals surface area contributed by atoms with Gasteiger partial charge in [-0.15, -0.1) is 11.6 Å². The molecule has 0 aromatic rings. The molecule has 71 valence electrons. The van der Waals surface area contributed by atoms with Crippen molar-refractivity contribution in [1.82, 2.24) is 0 Å². The predicted molar refractivity (Wildman–Crippen MR) is 53.9 cm³/mol. The van der Waals surface area contributed by atoms with E-state index in [1.54, 1.807) is 24.3 Å². The number of carbonyl (C=O) groups is 1. The highest BCUT2D eigenvalue weighted by atomic mass is 35.5. The fourth-order valence-corrected chi connectivity index (χ4v) is 1.44. The first kappa shape index (κ1) is 9.21. The van der Waals surface area contributed by atoms with E-state index in [1.807, 2.05) is 0 Å². The molecular formula is C10H7ClNO2. The van der Waals surface area contributed by atoms with Gasteiger partial charge in [-0.3, -0.25) is 0 Å². The number of nitrogens with zero attached hydrogens (tertiary/aromatic N) is 1. The third kappa shape index (κ3) is 1.51. The van der Waals surface area contributed by atoms with Crippen molar-refractivity contribution >= 4 is 23.3 Å². The van der Waals surface area contributed by atoms with Crippen LogP contribution in [0.1, 0.15) is 0 Å². The smallest absolute Gasteiger partial charge is 0.356 e. The van der Waals surface area contributed by atoms with Crippen molar-refractivity contribution < 1.29 is 9.53 Å². The molecule has 1 radical (unpaired) electrons. The molecule has 0 saturated carbocycles. The van der Waals surface area contributed by atoms with Gasteiger partial charge in [0.25, 0.3) is 0 Å². The summed E-state index contributed by atoms with van der Waals surface area (Å²) < 4.78 is 4.56. The Labute approximate surface area is 86.4 Å². The molecule has 1 aliphatic heterocycles. The number of halogens is 1. The van der Waals surface area contributed by atoms with Gasteiger partial charge in [-0.05, 0) is 18.2 Å². The van der Waals surface area contributed by atoms with Crippen molar-refractivity contribution in [1.29, 1.82) is 0 Å². The Kier molecular flexibility index (Phi) is 2.25. The normalized spacial score (nSPS) is 19.7. The maximum absolute atomic E-state index is 11.2. The van der Waals surface area contributed by atoms with Crippen LogP contribution in [0.25, 0.3) is 0 Å². The summed E-state index contributed by atoms with van der Waals surface area (Å²) in [6.45, 7) is 0. The SMILES string of the molecule is COC(=O)C1=CC2=C[C](Cl)C=CC2=N1. The zero-order valence-electron chi connectivity index (χ0n) is 7.45. The minimum Gasteiger partial charge on any atom is -0.464 e. The van der Waals surface area contributed by atoms with Crippen molar-refractivity contribution in [3.63, 3.8) is 0 Å². The molecule has 2 aliphatic rings. The maximum Gasteiger partial charge on any atom is 0.356 e. The van der Waals surface area contributed by atoms with Gasteiger partial charge in [0.05, 0.1) is 12.8 Å². The van der Waals surface area contributed by atoms with Crippen LogP contribution in [0.2, 0.25) is 0 Å². The lowest BCUT2D eigenvalue weighted by atomic mass is 10.0. The third-order valence-corrected chi connectivity index (χ3v) is 2.15. The van der Waals surface area contributed by atoms with Gasteiger partial charge in [0.15, 0.2) is 0 Å².